The molecule has 2 N–H and O–H groups in total. The maximum absolute atomic E-state index is 12.4. The third-order valence-electron chi connectivity index (χ3n) is 5.69. The van der Waals surface area contributed by atoms with Gasteiger partial charge in [0.15, 0.2) is 5.79 Å². The largest absolute Gasteiger partial charge is 0.454 e. The van der Waals surface area contributed by atoms with E-state index < -0.39 is 36.0 Å². The summed E-state index contributed by atoms with van der Waals surface area (Å²) in [7, 11) is 0. The van der Waals surface area contributed by atoms with E-state index in [0.717, 1.165) is 0 Å². The first kappa shape index (κ1) is 19.8. The second-order valence-corrected chi connectivity index (χ2v) is 7.71. The van der Waals surface area contributed by atoms with Gasteiger partial charge >= 0.3 is 11.9 Å². The maximum atomic E-state index is 12.4. The second kappa shape index (κ2) is 6.89. The summed E-state index contributed by atoms with van der Waals surface area (Å²) in [6.45, 7) is 6.46. The van der Waals surface area contributed by atoms with Crippen molar-refractivity contribution < 1.29 is 34.0 Å². The van der Waals surface area contributed by atoms with E-state index in [9.17, 15) is 19.8 Å². The summed E-state index contributed by atoms with van der Waals surface area (Å²) in [6, 6.07) is 0. The van der Waals surface area contributed by atoms with Crippen LogP contribution >= 0.6 is 0 Å². The van der Waals surface area contributed by atoms with Gasteiger partial charge in [-0.15, -0.1) is 0 Å². The number of ether oxygens (including phenoxy) is 3. The van der Waals surface area contributed by atoms with E-state index in [2.05, 4.69) is 0 Å². The van der Waals surface area contributed by atoms with Gasteiger partial charge in [-0.2, -0.15) is 0 Å². The Kier molecular flexibility index (Phi) is 5.05. The van der Waals surface area contributed by atoms with Crippen LogP contribution in [-0.4, -0.2) is 46.3 Å². The van der Waals surface area contributed by atoms with Gasteiger partial charge in [-0.1, -0.05) is 13.0 Å². The van der Waals surface area contributed by atoms with E-state index >= 15 is 0 Å². The molecule has 1 fully saturated rings. The Bertz CT molecular complexity index is 762. The van der Waals surface area contributed by atoms with Crippen molar-refractivity contribution in [3.8, 4) is 0 Å². The average Bonchev–Trinajstić information content (AvgIpc) is 3.09. The fourth-order valence-electron chi connectivity index (χ4n) is 3.81. The Morgan fingerprint density at radius 1 is 1.44 bits per heavy atom. The van der Waals surface area contributed by atoms with Gasteiger partial charge in [-0.3, -0.25) is 0 Å². The first-order valence-electron chi connectivity index (χ1n) is 9.18. The van der Waals surface area contributed by atoms with Crippen molar-refractivity contribution in [2.45, 2.75) is 64.4 Å². The Hall–Kier alpha value is -1.96. The van der Waals surface area contributed by atoms with Crippen molar-refractivity contribution in [1.82, 2.24) is 0 Å². The predicted molar refractivity (Wildman–Crippen MR) is 95.1 cm³/mol. The summed E-state index contributed by atoms with van der Waals surface area (Å²) in [5.41, 5.74) is 0.0191. The minimum Gasteiger partial charge on any atom is -0.454 e. The third kappa shape index (κ3) is 3.47. The molecule has 0 aromatic heterocycles. The van der Waals surface area contributed by atoms with Gasteiger partial charge in [0.05, 0.1) is 17.8 Å². The van der Waals surface area contributed by atoms with Crippen molar-refractivity contribution in [2.24, 2.45) is 5.92 Å². The zero-order valence-corrected chi connectivity index (χ0v) is 16.1. The number of esters is 2. The molecule has 3 heterocycles. The molecule has 0 aromatic rings. The van der Waals surface area contributed by atoms with E-state index in [0.29, 0.717) is 24.0 Å². The quantitative estimate of drug-likeness (QED) is 0.571. The molecule has 0 aliphatic carbocycles. The van der Waals surface area contributed by atoms with Crippen LogP contribution in [-0.2, 0) is 23.8 Å². The maximum Gasteiger partial charge on any atom is 0.342 e. The number of hydrogen-bond acceptors (Lipinski definition) is 7. The smallest absolute Gasteiger partial charge is 0.342 e. The Balaban J connectivity index is 2.11. The Morgan fingerprint density at radius 2 is 2.15 bits per heavy atom. The molecule has 3 aliphatic heterocycles. The van der Waals surface area contributed by atoms with E-state index in [1.165, 1.54) is 0 Å². The van der Waals surface area contributed by atoms with Crippen molar-refractivity contribution in [2.75, 3.05) is 6.61 Å². The molecule has 27 heavy (non-hydrogen) atoms. The summed E-state index contributed by atoms with van der Waals surface area (Å²) in [6.07, 6.45) is 3.62. The number of aliphatic hydroxyl groups excluding tert-OH is 1. The molecule has 0 aromatic carbocycles. The average molecular weight is 378 g/mol. The number of fused-ring (bicyclic) bond motifs is 3. The zero-order chi connectivity index (χ0) is 20.0. The van der Waals surface area contributed by atoms with Crippen LogP contribution < -0.4 is 0 Å². The molecule has 2 bridgehead atoms. The molecule has 0 saturated carbocycles. The minimum atomic E-state index is -1.37. The molecule has 0 spiro atoms. The Labute approximate surface area is 158 Å². The van der Waals surface area contributed by atoms with Crippen LogP contribution in [0.3, 0.4) is 0 Å². The molecule has 0 amide bonds. The molecule has 3 aliphatic rings. The first-order valence-corrected chi connectivity index (χ1v) is 9.18. The monoisotopic (exact) mass is 378 g/mol. The molecule has 1 saturated heterocycles. The zero-order valence-electron chi connectivity index (χ0n) is 16.1. The fraction of sp³-hybridized carbons (Fsp3) is 0.600. The van der Waals surface area contributed by atoms with E-state index in [1.54, 1.807) is 26.0 Å². The first-order chi connectivity index (χ1) is 12.6. The molecular formula is C20H26O7. The highest BCUT2D eigenvalue weighted by Crippen LogP contribution is 2.47. The van der Waals surface area contributed by atoms with Gasteiger partial charge in [0.1, 0.15) is 11.9 Å². The summed E-state index contributed by atoms with van der Waals surface area (Å²) in [4.78, 5) is 24.6. The lowest BCUT2D eigenvalue weighted by Crippen LogP contribution is -2.40. The molecule has 3 rings (SSSR count). The highest BCUT2D eigenvalue weighted by Gasteiger charge is 2.52. The van der Waals surface area contributed by atoms with E-state index in [-0.39, 0.29) is 23.7 Å². The lowest BCUT2D eigenvalue weighted by Gasteiger charge is -2.33. The summed E-state index contributed by atoms with van der Waals surface area (Å²) in [5.74, 6) is -2.71. The van der Waals surface area contributed by atoms with Gasteiger partial charge in [-0.05, 0) is 39.7 Å². The van der Waals surface area contributed by atoms with E-state index in [1.807, 2.05) is 13.8 Å². The van der Waals surface area contributed by atoms with Crippen LogP contribution in [0.5, 0.6) is 0 Å². The number of rotatable bonds is 3. The predicted octanol–water partition coefficient (Wildman–Crippen LogP) is 1.89. The number of allylic oxidation sites excluding steroid dienone is 1. The van der Waals surface area contributed by atoms with Crippen LogP contribution in [0.4, 0.5) is 0 Å². The minimum absolute atomic E-state index is 0.0674. The van der Waals surface area contributed by atoms with Crippen molar-refractivity contribution >= 4 is 11.9 Å². The van der Waals surface area contributed by atoms with Gasteiger partial charge in [0, 0.05) is 23.5 Å². The molecular weight excluding hydrogens is 352 g/mol. The molecule has 148 valence electrons. The fourth-order valence-corrected chi connectivity index (χ4v) is 3.81. The van der Waals surface area contributed by atoms with Crippen LogP contribution in [0.15, 0.2) is 34.6 Å². The third-order valence-corrected chi connectivity index (χ3v) is 5.69. The SMILES string of the molecule is C/C=C(/C)C(=O)O[C@H]1C[C@@H](C)[C@]2(O)CC[C@](C)(/C=C3/OC(=O)C(CO)=C31)O2. The molecule has 4 atom stereocenters. The van der Waals surface area contributed by atoms with Crippen molar-refractivity contribution in [1.29, 1.82) is 0 Å². The Morgan fingerprint density at radius 3 is 2.78 bits per heavy atom. The van der Waals surface area contributed by atoms with Gasteiger partial charge in [-0.25, -0.2) is 9.59 Å². The lowest BCUT2D eigenvalue weighted by atomic mass is 9.86. The topological polar surface area (TPSA) is 102 Å². The summed E-state index contributed by atoms with van der Waals surface area (Å²) < 4.78 is 17.0. The number of carbonyl (C=O) groups is 2. The standard InChI is InChI=1S/C20H26O7/c1-5-11(2)17(22)25-14-8-12(3)20(24)7-6-19(4,27-20)9-15-16(14)13(10-21)18(23)26-15/h5,9,12,14,21,24H,6-8,10H2,1-4H3/b11-5-,15-9+/t12-,14+,19-,20+/m1/s1. The summed E-state index contributed by atoms with van der Waals surface area (Å²) >= 11 is 0. The molecule has 0 unspecified atom stereocenters. The normalized spacial score (nSPS) is 38.4. The van der Waals surface area contributed by atoms with Crippen molar-refractivity contribution in [3.05, 3.63) is 34.6 Å². The highest BCUT2D eigenvalue weighted by atomic mass is 16.6. The number of hydrogen-bond donors (Lipinski definition) is 2. The molecule has 7 nitrogen and oxygen atoms in total. The molecule has 0 radical (unpaired) electrons. The van der Waals surface area contributed by atoms with Gasteiger partial charge in [0.25, 0.3) is 0 Å². The number of aliphatic hydroxyl groups is 2. The van der Waals surface area contributed by atoms with Gasteiger partial charge < -0.3 is 24.4 Å². The highest BCUT2D eigenvalue weighted by molar-refractivity contribution is 5.95. The van der Waals surface area contributed by atoms with Crippen LogP contribution in [0, 0.1) is 5.92 Å². The van der Waals surface area contributed by atoms with Crippen molar-refractivity contribution in [3.63, 3.8) is 0 Å². The van der Waals surface area contributed by atoms with Crippen LogP contribution in [0.1, 0.15) is 47.0 Å². The van der Waals surface area contributed by atoms with Crippen LogP contribution in [0.25, 0.3) is 0 Å². The number of carbonyl (C=O) groups excluding carboxylic acids is 2. The molecule has 7 heteroatoms. The second-order valence-electron chi connectivity index (χ2n) is 7.71. The van der Waals surface area contributed by atoms with Crippen LogP contribution in [0.2, 0.25) is 0 Å². The summed E-state index contributed by atoms with van der Waals surface area (Å²) in [5, 5.41) is 20.7. The van der Waals surface area contributed by atoms with Gasteiger partial charge in [0.2, 0.25) is 0 Å². The lowest BCUT2D eigenvalue weighted by molar-refractivity contribution is -0.238. The van der Waals surface area contributed by atoms with E-state index in [4.69, 9.17) is 14.2 Å².